The average molecular weight is 163 g/mol. The summed E-state index contributed by atoms with van der Waals surface area (Å²) in [5.41, 5.74) is -0.680. The summed E-state index contributed by atoms with van der Waals surface area (Å²) in [7, 11) is 0. The van der Waals surface area contributed by atoms with E-state index in [2.05, 4.69) is 4.98 Å². The van der Waals surface area contributed by atoms with Gasteiger partial charge in [0.1, 0.15) is 5.69 Å². The highest BCUT2D eigenvalue weighted by Gasteiger charge is 2.11. The first-order valence-corrected chi connectivity index (χ1v) is 2.74. The van der Waals surface area contributed by atoms with Gasteiger partial charge in [0, 0.05) is 6.07 Å². The van der Waals surface area contributed by atoms with Crippen LogP contribution in [0, 0.1) is 5.82 Å². The first-order chi connectivity index (χ1) is 5.11. The molecule has 0 aliphatic rings. The van der Waals surface area contributed by atoms with Crippen molar-refractivity contribution in [1.29, 1.82) is 0 Å². The third kappa shape index (κ3) is 1.60. The molecule has 0 aliphatic carbocycles. The van der Waals surface area contributed by atoms with Crippen molar-refractivity contribution in [3.05, 3.63) is 23.8 Å². The standard InChI is InChI=1S/C6H4F3NO/c7-3-1-4(6(8)9)10-2-5(3)11/h1-2,6,11H. The van der Waals surface area contributed by atoms with E-state index in [1.54, 1.807) is 0 Å². The zero-order chi connectivity index (χ0) is 8.43. The van der Waals surface area contributed by atoms with Crippen molar-refractivity contribution in [2.24, 2.45) is 0 Å². The maximum atomic E-state index is 12.3. The molecule has 0 amide bonds. The number of aromatic nitrogens is 1. The van der Waals surface area contributed by atoms with Gasteiger partial charge in [-0.2, -0.15) is 0 Å². The second-order valence-corrected chi connectivity index (χ2v) is 1.86. The fourth-order valence-electron chi connectivity index (χ4n) is 0.558. The number of hydrogen-bond acceptors (Lipinski definition) is 2. The summed E-state index contributed by atoms with van der Waals surface area (Å²) in [6.45, 7) is 0. The highest BCUT2D eigenvalue weighted by Crippen LogP contribution is 2.20. The van der Waals surface area contributed by atoms with Crippen LogP contribution >= 0.6 is 0 Å². The molecule has 0 fully saturated rings. The van der Waals surface area contributed by atoms with Crippen LogP contribution in [0.25, 0.3) is 0 Å². The maximum absolute atomic E-state index is 12.3. The smallest absolute Gasteiger partial charge is 0.280 e. The molecule has 0 saturated carbocycles. The Kier molecular flexibility index (Phi) is 1.98. The lowest BCUT2D eigenvalue weighted by molar-refractivity contribution is 0.145. The van der Waals surface area contributed by atoms with Crippen LogP contribution in [0.15, 0.2) is 12.3 Å². The molecule has 5 heteroatoms. The summed E-state index contributed by atoms with van der Waals surface area (Å²) in [5, 5.41) is 8.54. The van der Waals surface area contributed by atoms with Crippen LogP contribution in [-0.2, 0) is 0 Å². The highest BCUT2D eigenvalue weighted by molar-refractivity contribution is 5.21. The molecule has 0 unspecified atom stereocenters. The van der Waals surface area contributed by atoms with Crippen molar-refractivity contribution in [3.63, 3.8) is 0 Å². The van der Waals surface area contributed by atoms with Crippen LogP contribution < -0.4 is 0 Å². The van der Waals surface area contributed by atoms with E-state index < -0.39 is 23.7 Å². The lowest BCUT2D eigenvalue weighted by atomic mass is 10.3. The minimum atomic E-state index is -2.81. The Labute approximate surface area is 60.3 Å². The Hall–Kier alpha value is -1.26. The van der Waals surface area contributed by atoms with Crippen LogP contribution in [0.5, 0.6) is 5.75 Å². The van der Waals surface area contributed by atoms with E-state index in [0.29, 0.717) is 12.3 Å². The number of pyridine rings is 1. The van der Waals surface area contributed by atoms with Gasteiger partial charge in [-0.1, -0.05) is 0 Å². The summed E-state index contributed by atoms with van der Waals surface area (Å²) in [5.74, 6) is -1.82. The predicted molar refractivity (Wildman–Crippen MR) is 30.8 cm³/mol. The van der Waals surface area contributed by atoms with Crippen molar-refractivity contribution >= 4 is 0 Å². The fraction of sp³-hybridized carbons (Fsp3) is 0.167. The second kappa shape index (κ2) is 2.77. The van der Waals surface area contributed by atoms with Crippen LogP contribution in [0.2, 0.25) is 0 Å². The van der Waals surface area contributed by atoms with Gasteiger partial charge in [-0.25, -0.2) is 13.2 Å². The molecular weight excluding hydrogens is 159 g/mol. The summed E-state index contributed by atoms with van der Waals surface area (Å²) < 4.78 is 35.9. The summed E-state index contributed by atoms with van der Waals surface area (Å²) in [6.07, 6.45) is -2.17. The summed E-state index contributed by atoms with van der Waals surface area (Å²) in [6, 6.07) is 0.500. The number of nitrogens with zero attached hydrogens (tertiary/aromatic N) is 1. The summed E-state index contributed by atoms with van der Waals surface area (Å²) >= 11 is 0. The minimum absolute atomic E-state index is 0.500. The van der Waals surface area contributed by atoms with Crippen molar-refractivity contribution in [2.75, 3.05) is 0 Å². The van der Waals surface area contributed by atoms with E-state index in [-0.39, 0.29) is 0 Å². The third-order valence-electron chi connectivity index (χ3n) is 1.08. The van der Waals surface area contributed by atoms with E-state index in [4.69, 9.17) is 5.11 Å². The summed E-state index contributed by atoms with van der Waals surface area (Å²) in [4.78, 5) is 3.10. The molecule has 0 spiro atoms. The second-order valence-electron chi connectivity index (χ2n) is 1.86. The molecule has 1 aromatic rings. The molecule has 2 nitrogen and oxygen atoms in total. The molecule has 1 N–H and O–H groups in total. The van der Waals surface area contributed by atoms with Crippen molar-refractivity contribution in [1.82, 2.24) is 4.98 Å². The SMILES string of the molecule is Oc1cnc(C(F)F)cc1F. The van der Waals surface area contributed by atoms with Gasteiger partial charge >= 0.3 is 0 Å². The van der Waals surface area contributed by atoms with E-state index in [1.807, 2.05) is 0 Å². The molecule has 0 aromatic carbocycles. The molecule has 0 radical (unpaired) electrons. The van der Waals surface area contributed by atoms with Gasteiger partial charge in [-0.05, 0) is 0 Å². The molecule has 60 valence electrons. The average Bonchev–Trinajstić information content (AvgIpc) is 1.94. The number of halogens is 3. The molecule has 11 heavy (non-hydrogen) atoms. The lowest BCUT2D eigenvalue weighted by Gasteiger charge is -1.98. The number of rotatable bonds is 1. The normalized spacial score (nSPS) is 10.5. The van der Waals surface area contributed by atoms with Crippen LogP contribution in [0.3, 0.4) is 0 Å². The Morgan fingerprint density at radius 1 is 1.45 bits per heavy atom. The van der Waals surface area contributed by atoms with Crippen molar-refractivity contribution in [2.45, 2.75) is 6.43 Å². The van der Waals surface area contributed by atoms with Gasteiger partial charge in [-0.15, -0.1) is 0 Å². The predicted octanol–water partition coefficient (Wildman–Crippen LogP) is 1.86. The van der Waals surface area contributed by atoms with Crippen LogP contribution in [0.1, 0.15) is 12.1 Å². The Morgan fingerprint density at radius 3 is 2.55 bits per heavy atom. The maximum Gasteiger partial charge on any atom is 0.280 e. The van der Waals surface area contributed by atoms with Crippen molar-refractivity contribution < 1.29 is 18.3 Å². The first-order valence-electron chi connectivity index (χ1n) is 2.74. The van der Waals surface area contributed by atoms with E-state index in [9.17, 15) is 13.2 Å². The fourth-order valence-corrected chi connectivity index (χ4v) is 0.558. The Bertz CT molecular complexity index is 264. The van der Waals surface area contributed by atoms with Gasteiger partial charge in [0.15, 0.2) is 11.6 Å². The Morgan fingerprint density at radius 2 is 2.09 bits per heavy atom. The number of alkyl halides is 2. The number of hydrogen-bond donors (Lipinski definition) is 1. The largest absolute Gasteiger partial charge is 0.504 e. The topological polar surface area (TPSA) is 33.1 Å². The Balaban J connectivity index is 3.05. The molecule has 1 aromatic heterocycles. The van der Waals surface area contributed by atoms with E-state index in [1.165, 1.54) is 0 Å². The molecule has 0 bridgehead atoms. The minimum Gasteiger partial charge on any atom is -0.504 e. The quantitative estimate of drug-likeness (QED) is 0.685. The zero-order valence-electron chi connectivity index (χ0n) is 5.26. The number of aromatic hydroxyl groups is 1. The van der Waals surface area contributed by atoms with E-state index >= 15 is 0 Å². The van der Waals surface area contributed by atoms with Gasteiger partial charge in [0.25, 0.3) is 6.43 Å². The molecule has 0 atom stereocenters. The monoisotopic (exact) mass is 163 g/mol. The molecule has 0 aliphatic heterocycles. The van der Waals surface area contributed by atoms with Gasteiger partial charge < -0.3 is 5.11 Å². The molecule has 1 rings (SSSR count). The van der Waals surface area contributed by atoms with Gasteiger partial charge in [0.2, 0.25) is 0 Å². The molecule has 0 saturated heterocycles. The lowest BCUT2D eigenvalue weighted by Crippen LogP contribution is -1.90. The van der Waals surface area contributed by atoms with Crippen molar-refractivity contribution in [3.8, 4) is 5.75 Å². The molecular formula is C6H4F3NO. The first kappa shape index (κ1) is 7.84. The van der Waals surface area contributed by atoms with Gasteiger partial charge in [-0.3, -0.25) is 4.98 Å². The highest BCUT2D eigenvalue weighted by atomic mass is 19.3. The van der Waals surface area contributed by atoms with Gasteiger partial charge in [0.05, 0.1) is 6.20 Å². The zero-order valence-corrected chi connectivity index (χ0v) is 5.26. The van der Waals surface area contributed by atoms with Crippen LogP contribution in [0.4, 0.5) is 13.2 Å². The van der Waals surface area contributed by atoms with E-state index in [0.717, 1.165) is 0 Å². The molecule has 1 heterocycles. The third-order valence-corrected chi connectivity index (χ3v) is 1.08. The van der Waals surface area contributed by atoms with Crippen LogP contribution in [-0.4, -0.2) is 10.1 Å².